The first-order chi connectivity index (χ1) is 11.5. The fourth-order valence-electron chi connectivity index (χ4n) is 2.06. The number of hydrogen-bond acceptors (Lipinski definition) is 6. The normalized spacial score (nSPS) is 10.6. The predicted molar refractivity (Wildman–Crippen MR) is 89.5 cm³/mol. The van der Waals surface area contributed by atoms with Crippen molar-refractivity contribution in [3.05, 3.63) is 64.5 Å². The van der Waals surface area contributed by atoms with E-state index in [2.05, 4.69) is 10.1 Å². The molecule has 0 aliphatic carbocycles. The van der Waals surface area contributed by atoms with E-state index in [1.807, 2.05) is 31.2 Å². The smallest absolute Gasteiger partial charge is 0.340 e. The lowest BCUT2D eigenvalue weighted by molar-refractivity contribution is 0.0431. The average Bonchev–Trinajstić information content (AvgIpc) is 3.02. The monoisotopic (exact) mass is 343 g/mol. The summed E-state index contributed by atoms with van der Waals surface area (Å²) in [6.45, 7) is 1.85. The zero-order valence-corrected chi connectivity index (χ0v) is 13.6. The largest absolute Gasteiger partial charge is 0.452 e. The molecule has 0 aliphatic rings. The number of nitrogens with zero attached hydrogens (tertiary/aromatic N) is 2. The molecular weight excluding hydrogens is 330 g/mol. The molecule has 0 atom stereocenters. The van der Waals surface area contributed by atoms with Gasteiger partial charge in [-0.3, -0.25) is 0 Å². The van der Waals surface area contributed by atoms with Gasteiger partial charge in [-0.05, 0) is 25.1 Å². The molecule has 0 radical (unpaired) electrons. The van der Waals surface area contributed by atoms with Crippen LogP contribution in [0.4, 0.5) is 5.69 Å². The number of esters is 1. The number of ether oxygens (including phenoxy) is 1. The lowest BCUT2D eigenvalue weighted by atomic mass is 10.1. The highest BCUT2D eigenvalue weighted by molar-refractivity contribution is 6.31. The molecule has 0 fully saturated rings. The van der Waals surface area contributed by atoms with E-state index in [9.17, 15) is 4.79 Å². The molecule has 6 nitrogen and oxygen atoms in total. The van der Waals surface area contributed by atoms with Crippen molar-refractivity contribution in [3.8, 4) is 11.4 Å². The van der Waals surface area contributed by atoms with Gasteiger partial charge in [-0.1, -0.05) is 46.6 Å². The number of hydrogen-bond donors (Lipinski definition) is 1. The molecule has 0 saturated carbocycles. The fourth-order valence-corrected chi connectivity index (χ4v) is 2.24. The van der Waals surface area contributed by atoms with Crippen molar-refractivity contribution >= 4 is 23.3 Å². The Kier molecular flexibility index (Phi) is 4.48. The summed E-state index contributed by atoms with van der Waals surface area (Å²) in [6, 6.07) is 12.3. The molecule has 0 amide bonds. The molecule has 2 aromatic carbocycles. The maximum Gasteiger partial charge on any atom is 0.340 e. The van der Waals surface area contributed by atoms with Gasteiger partial charge in [-0.25, -0.2) is 4.79 Å². The van der Waals surface area contributed by atoms with E-state index in [1.54, 1.807) is 6.07 Å². The van der Waals surface area contributed by atoms with Crippen LogP contribution in [0.25, 0.3) is 11.4 Å². The van der Waals surface area contributed by atoms with Gasteiger partial charge in [0.1, 0.15) is 0 Å². The standard InChI is InChI=1S/C17H14ClN3O3/c1-10-2-4-11(5-3-10)16-20-15(24-21-16)9-23-17(22)13-7-6-12(18)8-14(13)19/h2-8H,9,19H2,1H3. The first-order valence-corrected chi connectivity index (χ1v) is 7.52. The molecule has 1 aromatic heterocycles. The van der Waals surface area contributed by atoms with Gasteiger partial charge in [0, 0.05) is 16.3 Å². The third kappa shape index (κ3) is 3.55. The first-order valence-electron chi connectivity index (χ1n) is 7.15. The minimum atomic E-state index is -0.584. The number of halogens is 1. The van der Waals surface area contributed by atoms with Gasteiger partial charge in [0.05, 0.1) is 5.56 Å². The molecular formula is C17H14ClN3O3. The number of rotatable bonds is 4. The molecule has 3 rings (SSSR count). The molecule has 2 N–H and O–H groups in total. The lowest BCUT2D eigenvalue weighted by Gasteiger charge is -2.05. The van der Waals surface area contributed by atoms with Crippen molar-refractivity contribution in [2.45, 2.75) is 13.5 Å². The quantitative estimate of drug-likeness (QED) is 0.574. The number of anilines is 1. The number of benzene rings is 2. The predicted octanol–water partition coefficient (Wildman–Crippen LogP) is 3.64. The lowest BCUT2D eigenvalue weighted by Crippen LogP contribution is -2.08. The van der Waals surface area contributed by atoms with Gasteiger partial charge in [0.25, 0.3) is 5.89 Å². The van der Waals surface area contributed by atoms with Crippen molar-refractivity contribution in [1.82, 2.24) is 10.1 Å². The number of nitrogen functional groups attached to an aromatic ring is 1. The summed E-state index contributed by atoms with van der Waals surface area (Å²) in [5.41, 5.74) is 8.19. The maximum absolute atomic E-state index is 12.0. The van der Waals surface area contributed by atoms with Crippen molar-refractivity contribution in [2.24, 2.45) is 0 Å². The average molecular weight is 344 g/mol. The second-order valence-electron chi connectivity index (χ2n) is 5.19. The molecule has 3 aromatic rings. The highest BCUT2D eigenvalue weighted by Crippen LogP contribution is 2.20. The van der Waals surface area contributed by atoms with Gasteiger partial charge in [-0.2, -0.15) is 4.98 Å². The van der Waals surface area contributed by atoms with Crippen LogP contribution >= 0.6 is 11.6 Å². The van der Waals surface area contributed by atoms with Crippen LogP contribution in [0.2, 0.25) is 5.02 Å². The molecule has 7 heteroatoms. The summed E-state index contributed by atoms with van der Waals surface area (Å²) in [5, 5.41) is 4.32. The van der Waals surface area contributed by atoms with Crippen LogP contribution in [0.1, 0.15) is 21.8 Å². The van der Waals surface area contributed by atoms with Crippen molar-refractivity contribution in [1.29, 1.82) is 0 Å². The Hall–Kier alpha value is -2.86. The van der Waals surface area contributed by atoms with Crippen LogP contribution in [-0.2, 0) is 11.3 Å². The third-order valence-corrected chi connectivity index (χ3v) is 3.57. The Labute approximate surface area is 143 Å². The molecule has 0 aliphatic heterocycles. The van der Waals surface area contributed by atoms with Crippen LogP contribution in [0.5, 0.6) is 0 Å². The fraction of sp³-hybridized carbons (Fsp3) is 0.118. The molecule has 122 valence electrons. The number of aryl methyl sites for hydroxylation is 1. The Morgan fingerprint density at radius 3 is 2.71 bits per heavy atom. The van der Waals surface area contributed by atoms with E-state index >= 15 is 0 Å². The highest BCUT2D eigenvalue weighted by atomic mass is 35.5. The highest BCUT2D eigenvalue weighted by Gasteiger charge is 2.14. The Balaban J connectivity index is 1.67. The van der Waals surface area contributed by atoms with E-state index < -0.39 is 5.97 Å². The van der Waals surface area contributed by atoms with Crippen LogP contribution in [-0.4, -0.2) is 16.1 Å². The first kappa shape index (κ1) is 16.0. The number of carbonyl (C=O) groups excluding carboxylic acids is 1. The maximum atomic E-state index is 12.0. The molecule has 0 unspecified atom stereocenters. The molecule has 1 heterocycles. The summed E-state index contributed by atoms with van der Waals surface area (Å²) in [7, 11) is 0. The summed E-state index contributed by atoms with van der Waals surface area (Å²) in [4.78, 5) is 16.2. The van der Waals surface area contributed by atoms with Gasteiger partial charge in [0.15, 0.2) is 6.61 Å². The van der Waals surface area contributed by atoms with E-state index in [1.165, 1.54) is 12.1 Å². The molecule has 0 bridgehead atoms. The molecule has 0 spiro atoms. The summed E-state index contributed by atoms with van der Waals surface area (Å²) in [5.74, 6) is 0.0535. The summed E-state index contributed by atoms with van der Waals surface area (Å²) >= 11 is 5.80. The van der Waals surface area contributed by atoms with Crippen LogP contribution in [0.15, 0.2) is 47.0 Å². The zero-order valence-electron chi connectivity index (χ0n) is 12.8. The van der Waals surface area contributed by atoms with Crippen molar-refractivity contribution in [2.75, 3.05) is 5.73 Å². The number of nitrogens with two attached hydrogens (primary N) is 1. The Morgan fingerprint density at radius 1 is 1.25 bits per heavy atom. The van der Waals surface area contributed by atoms with Gasteiger partial charge >= 0.3 is 5.97 Å². The van der Waals surface area contributed by atoms with Crippen LogP contribution in [0, 0.1) is 6.92 Å². The SMILES string of the molecule is Cc1ccc(-c2noc(COC(=O)c3ccc(Cl)cc3N)n2)cc1. The topological polar surface area (TPSA) is 91.2 Å². The van der Waals surface area contributed by atoms with Crippen molar-refractivity contribution in [3.63, 3.8) is 0 Å². The number of aromatic nitrogens is 2. The second kappa shape index (κ2) is 6.72. The summed E-state index contributed by atoms with van der Waals surface area (Å²) < 4.78 is 10.2. The van der Waals surface area contributed by atoms with Gasteiger partial charge in [0.2, 0.25) is 5.82 Å². The Bertz CT molecular complexity index is 875. The minimum Gasteiger partial charge on any atom is -0.452 e. The van der Waals surface area contributed by atoms with Crippen LogP contribution < -0.4 is 5.73 Å². The van der Waals surface area contributed by atoms with E-state index in [0.717, 1.165) is 11.1 Å². The second-order valence-corrected chi connectivity index (χ2v) is 5.62. The third-order valence-electron chi connectivity index (χ3n) is 3.34. The van der Waals surface area contributed by atoms with Crippen LogP contribution in [0.3, 0.4) is 0 Å². The van der Waals surface area contributed by atoms with E-state index in [0.29, 0.717) is 10.8 Å². The van der Waals surface area contributed by atoms with Gasteiger partial charge < -0.3 is 15.0 Å². The minimum absolute atomic E-state index is 0.139. The van der Waals surface area contributed by atoms with Gasteiger partial charge in [-0.15, -0.1) is 0 Å². The zero-order chi connectivity index (χ0) is 17.1. The van der Waals surface area contributed by atoms with Crippen molar-refractivity contribution < 1.29 is 14.1 Å². The Morgan fingerprint density at radius 2 is 2.00 bits per heavy atom. The molecule has 24 heavy (non-hydrogen) atoms. The van der Waals surface area contributed by atoms with E-state index in [4.69, 9.17) is 26.6 Å². The van der Waals surface area contributed by atoms with E-state index in [-0.39, 0.29) is 23.7 Å². The molecule has 0 saturated heterocycles. The number of carbonyl (C=O) groups is 1. The summed E-state index contributed by atoms with van der Waals surface area (Å²) in [6.07, 6.45) is 0.